The number of nitrogens with zero attached hydrogens (tertiary/aromatic N) is 1. The van der Waals surface area contributed by atoms with Crippen LogP contribution < -0.4 is 9.47 Å². The Morgan fingerprint density at radius 3 is 2.21 bits per heavy atom. The maximum atomic E-state index is 13.7. The third kappa shape index (κ3) is 7.87. The van der Waals surface area contributed by atoms with E-state index >= 15 is 0 Å². The molecule has 0 saturated carbocycles. The topological polar surface area (TPSA) is 76.1 Å². The number of hydrogen-bond donors (Lipinski definition) is 1. The summed E-state index contributed by atoms with van der Waals surface area (Å²) in [5.41, 5.74) is 0.172. The van der Waals surface area contributed by atoms with Gasteiger partial charge in [0, 0.05) is 13.0 Å². The second-order valence-electron chi connectivity index (χ2n) is 5.92. The second-order valence-corrected chi connectivity index (χ2v) is 5.92. The molecule has 6 nitrogen and oxygen atoms in total. The lowest BCUT2D eigenvalue weighted by Gasteiger charge is -2.27. The van der Waals surface area contributed by atoms with Crippen LogP contribution in [0, 0.1) is 11.6 Å². The molecular weight excluding hydrogens is 384 g/mol. The van der Waals surface area contributed by atoms with Crippen LogP contribution in [0.15, 0.2) is 42.5 Å². The molecule has 0 aliphatic carbocycles. The van der Waals surface area contributed by atoms with E-state index < -0.39 is 23.6 Å². The second kappa shape index (κ2) is 11.8. The van der Waals surface area contributed by atoms with Gasteiger partial charge in [-0.25, -0.2) is 13.6 Å². The van der Waals surface area contributed by atoms with Crippen molar-refractivity contribution in [3.8, 4) is 11.5 Å². The van der Waals surface area contributed by atoms with Gasteiger partial charge >= 0.3 is 5.97 Å². The smallest absolute Gasteiger partial charge is 0.347 e. The molecule has 2 rings (SSSR count). The van der Waals surface area contributed by atoms with Gasteiger partial charge in [-0.3, -0.25) is 9.69 Å². The molecule has 29 heavy (non-hydrogen) atoms. The molecule has 0 aliphatic heterocycles. The molecule has 0 radical (unpaired) electrons. The highest BCUT2D eigenvalue weighted by molar-refractivity contribution is 5.94. The number of esters is 1. The maximum Gasteiger partial charge on any atom is 0.347 e. The number of carbonyl (C=O) groups is 2. The number of hydrogen-bond acceptors (Lipinski definition) is 5. The quantitative estimate of drug-likeness (QED) is 0.416. The molecule has 1 atom stereocenters. The third-order valence-corrected chi connectivity index (χ3v) is 3.83. The Kier molecular flexibility index (Phi) is 9.74. The van der Waals surface area contributed by atoms with Gasteiger partial charge in [0.05, 0.1) is 0 Å². The van der Waals surface area contributed by atoms with Crippen LogP contribution in [0.5, 0.6) is 11.5 Å². The Balaban J connectivity index is 0.000000960. The number of halogens is 2. The molecule has 8 heteroatoms. The number of carboxylic acids is 1. The van der Waals surface area contributed by atoms with E-state index in [1.54, 1.807) is 18.2 Å². The van der Waals surface area contributed by atoms with Crippen LogP contribution in [0.4, 0.5) is 8.78 Å². The van der Waals surface area contributed by atoms with E-state index in [2.05, 4.69) is 4.90 Å². The molecule has 0 spiro atoms. The molecule has 158 valence electrons. The van der Waals surface area contributed by atoms with Crippen LogP contribution in [0.3, 0.4) is 0 Å². The molecule has 0 aromatic heterocycles. The van der Waals surface area contributed by atoms with E-state index in [1.165, 1.54) is 6.07 Å². The number of para-hydroxylation sites is 1. The molecule has 2 aromatic carbocycles. The minimum atomic E-state index is -0.941. The van der Waals surface area contributed by atoms with Gasteiger partial charge in [-0.2, -0.15) is 0 Å². The van der Waals surface area contributed by atoms with Crippen LogP contribution in [0.1, 0.15) is 38.1 Å². The summed E-state index contributed by atoms with van der Waals surface area (Å²) in [7, 11) is 0. The summed E-state index contributed by atoms with van der Waals surface area (Å²) in [5.74, 6) is -3.28. The first-order valence-corrected chi connectivity index (χ1v) is 9.06. The normalized spacial score (nSPS) is 11.3. The lowest BCUT2D eigenvalue weighted by molar-refractivity contribution is -0.134. The fourth-order valence-corrected chi connectivity index (χ4v) is 2.45. The molecule has 0 amide bonds. The van der Waals surface area contributed by atoms with E-state index in [9.17, 15) is 13.6 Å². The maximum absolute atomic E-state index is 13.7. The lowest BCUT2D eigenvalue weighted by Crippen LogP contribution is -2.37. The minimum absolute atomic E-state index is 0.172. The van der Waals surface area contributed by atoms with Crippen molar-refractivity contribution < 1.29 is 33.0 Å². The van der Waals surface area contributed by atoms with Gasteiger partial charge in [0.1, 0.15) is 23.4 Å². The number of carboxylic acid groups (broad SMARTS) is 1. The van der Waals surface area contributed by atoms with E-state index in [4.69, 9.17) is 19.4 Å². The summed E-state index contributed by atoms with van der Waals surface area (Å²) in [6.45, 7) is 8.59. The lowest BCUT2D eigenvalue weighted by atomic mass is 10.2. The SMILES string of the molecule is CC(=O)O.CCN(CC)C(C)Oc1ccccc1C(=O)Oc1ccc(F)cc1F. The van der Waals surface area contributed by atoms with E-state index in [-0.39, 0.29) is 17.5 Å². The van der Waals surface area contributed by atoms with E-state index in [0.29, 0.717) is 11.8 Å². The molecule has 2 aromatic rings. The van der Waals surface area contributed by atoms with Crippen LogP contribution in [-0.2, 0) is 4.79 Å². The zero-order chi connectivity index (χ0) is 22.0. The van der Waals surface area contributed by atoms with Crippen molar-refractivity contribution in [3.63, 3.8) is 0 Å². The number of aliphatic carboxylic acids is 1. The molecule has 0 fully saturated rings. The monoisotopic (exact) mass is 409 g/mol. The van der Waals surface area contributed by atoms with E-state index in [0.717, 1.165) is 32.1 Å². The van der Waals surface area contributed by atoms with Crippen LogP contribution in [0.2, 0.25) is 0 Å². The zero-order valence-corrected chi connectivity index (χ0v) is 16.8. The van der Waals surface area contributed by atoms with Crippen molar-refractivity contribution in [2.75, 3.05) is 13.1 Å². The van der Waals surface area contributed by atoms with Gasteiger partial charge in [-0.15, -0.1) is 0 Å². The summed E-state index contributed by atoms with van der Waals surface area (Å²) in [4.78, 5) is 23.5. The first-order chi connectivity index (χ1) is 13.7. The molecular formula is C21H25F2NO5. The number of ether oxygens (including phenoxy) is 2. The average molecular weight is 409 g/mol. The van der Waals surface area contributed by atoms with Gasteiger partial charge in [-0.05, 0) is 44.3 Å². The van der Waals surface area contributed by atoms with Crippen LogP contribution >= 0.6 is 0 Å². The van der Waals surface area contributed by atoms with Crippen molar-refractivity contribution >= 4 is 11.9 Å². The first kappa shape index (κ1) is 24.0. The van der Waals surface area contributed by atoms with Crippen molar-refractivity contribution in [3.05, 3.63) is 59.7 Å². The fraction of sp³-hybridized carbons (Fsp3) is 0.333. The van der Waals surface area contributed by atoms with Gasteiger partial charge < -0.3 is 14.6 Å². The molecule has 1 unspecified atom stereocenters. The van der Waals surface area contributed by atoms with E-state index in [1.807, 2.05) is 20.8 Å². The van der Waals surface area contributed by atoms with Gasteiger partial charge in [0.15, 0.2) is 11.6 Å². The predicted octanol–water partition coefficient (Wildman–Crippen LogP) is 4.34. The van der Waals surface area contributed by atoms with Crippen molar-refractivity contribution in [1.29, 1.82) is 0 Å². The van der Waals surface area contributed by atoms with Crippen molar-refractivity contribution in [1.82, 2.24) is 4.90 Å². The highest BCUT2D eigenvalue weighted by atomic mass is 19.1. The third-order valence-electron chi connectivity index (χ3n) is 3.83. The summed E-state index contributed by atoms with van der Waals surface area (Å²) in [6.07, 6.45) is -0.244. The molecule has 0 saturated heterocycles. The Hall–Kier alpha value is -3.00. The average Bonchev–Trinajstić information content (AvgIpc) is 2.65. The molecule has 1 N–H and O–H groups in total. The van der Waals surface area contributed by atoms with Gasteiger partial charge in [0.2, 0.25) is 0 Å². The van der Waals surface area contributed by atoms with Gasteiger partial charge in [0.25, 0.3) is 5.97 Å². The van der Waals surface area contributed by atoms with Crippen LogP contribution in [0.25, 0.3) is 0 Å². The molecule has 0 aliphatic rings. The highest BCUT2D eigenvalue weighted by Crippen LogP contribution is 2.24. The Morgan fingerprint density at radius 1 is 1.07 bits per heavy atom. The van der Waals surface area contributed by atoms with Crippen molar-refractivity contribution in [2.45, 2.75) is 33.9 Å². The summed E-state index contributed by atoms with van der Waals surface area (Å²) in [6, 6.07) is 9.34. The number of benzene rings is 2. The number of carbonyl (C=O) groups excluding carboxylic acids is 1. The van der Waals surface area contributed by atoms with Crippen LogP contribution in [-0.4, -0.2) is 41.3 Å². The summed E-state index contributed by atoms with van der Waals surface area (Å²) in [5, 5.41) is 7.42. The molecule has 0 heterocycles. The summed E-state index contributed by atoms with van der Waals surface area (Å²) >= 11 is 0. The van der Waals surface area contributed by atoms with Crippen molar-refractivity contribution in [2.24, 2.45) is 0 Å². The Labute approximate surface area is 168 Å². The Morgan fingerprint density at radius 2 is 1.66 bits per heavy atom. The minimum Gasteiger partial charge on any atom is -0.481 e. The molecule has 0 bridgehead atoms. The number of rotatable bonds is 7. The Bertz CT molecular complexity index is 820. The first-order valence-electron chi connectivity index (χ1n) is 9.06. The standard InChI is InChI=1S/C19H21F2NO3.C2H4O2/c1-4-22(5-2)13(3)24-17-9-7-6-8-15(17)19(23)25-18-11-10-14(20)12-16(18)21;1-2(3)4/h6-13H,4-5H2,1-3H3;1H3,(H,3,4). The largest absolute Gasteiger partial charge is 0.481 e. The summed E-state index contributed by atoms with van der Waals surface area (Å²) < 4.78 is 37.5. The fourth-order valence-electron chi connectivity index (χ4n) is 2.45. The highest BCUT2D eigenvalue weighted by Gasteiger charge is 2.19. The van der Waals surface area contributed by atoms with Gasteiger partial charge in [-0.1, -0.05) is 26.0 Å². The predicted molar refractivity (Wildman–Crippen MR) is 104 cm³/mol. The zero-order valence-electron chi connectivity index (χ0n) is 16.8.